The van der Waals surface area contributed by atoms with Crippen molar-refractivity contribution in [2.24, 2.45) is 0 Å². The van der Waals surface area contributed by atoms with Crippen molar-refractivity contribution < 1.29 is 14.3 Å². The Kier molecular flexibility index (Phi) is 6.30. The Morgan fingerprint density at radius 3 is 2.66 bits per heavy atom. The number of rotatable bonds is 7. The minimum Gasteiger partial charge on any atom is -0.495 e. The van der Waals surface area contributed by atoms with Gasteiger partial charge in [0.05, 0.1) is 30.7 Å². The molecule has 29 heavy (non-hydrogen) atoms. The summed E-state index contributed by atoms with van der Waals surface area (Å²) < 4.78 is 6.82. The van der Waals surface area contributed by atoms with E-state index in [-0.39, 0.29) is 18.4 Å². The van der Waals surface area contributed by atoms with E-state index in [0.29, 0.717) is 33.5 Å². The maximum Gasteiger partial charge on any atom is 0.243 e. The van der Waals surface area contributed by atoms with Crippen LogP contribution in [0.15, 0.2) is 49.1 Å². The van der Waals surface area contributed by atoms with E-state index in [2.05, 4.69) is 26.0 Å². The number of halogens is 1. The predicted molar refractivity (Wildman–Crippen MR) is 111 cm³/mol. The zero-order valence-electron chi connectivity index (χ0n) is 15.8. The van der Waals surface area contributed by atoms with Crippen LogP contribution in [0.2, 0.25) is 5.02 Å². The van der Waals surface area contributed by atoms with Gasteiger partial charge in [-0.1, -0.05) is 11.6 Å². The molecule has 1 aromatic heterocycles. The van der Waals surface area contributed by atoms with Gasteiger partial charge in [0, 0.05) is 17.6 Å². The molecule has 3 aromatic rings. The number of benzene rings is 2. The topological polar surface area (TPSA) is 110 Å². The lowest BCUT2D eigenvalue weighted by molar-refractivity contribution is -0.115. The van der Waals surface area contributed by atoms with Gasteiger partial charge < -0.3 is 20.7 Å². The lowest BCUT2D eigenvalue weighted by Crippen LogP contribution is -2.23. The fraction of sp³-hybridized carbons (Fsp3) is 0.158. The molecule has 0 aliphatic heterocycles. The Labute approximate surface area is 172 Å². The molecule has 0 aliphatic carbocycles. The number of ether oxygens (including phenoxy) is 1. The molecule has 0 saturated heterocycles. The molecule has 2 amide bonds. The van der Waals surface area contributed by atoms with Gasteiger partial charge in [0.2, 0.25) is 11.8 Å². The number of nitrogens with one attached hydrogen (secondary N) is 3. The van der Waals surface area contributed by atoms with Gasteiger partial charge in [0.1, 0.15) is 18.4 Å². The molecule has 10 heteroatoms. The molecule has 1 heterocycles. The number of amides is 2. The Morgan fingerprint density at radius 1 is 1.14 bits per heavy atom. The van der Waals surface area contributed by atoms with Crippen LogP contribution in [0.3, 0.4) is 0 Å². The number of aromatic nitrogens is 3. The van der Waals surface area contributed by atoms with E-state index in [4.69, 9.17) is 16.3 Å². The molecule has 0 saturated carbocycles. The van der Waals surface area contributed by atoms with Crippen LogP contribution in [-0.2, 0) is 9.59 Å². The smallest absolute Gasteiger partial charge is 0.243 e. The molecule has 150 valence electrons. The molecule has 9 nitrogen and oxygen atoms in total. The van der Waals surface area contributed by atoms with Gasteiger partial charge in [-0.25, -0.2) is 9.67 Å². The van der Waals surface area contributed by atoms with Gasteiger partial charge in [-0.15, -0.1) is 0 Å². The summed E-state index contributed by atoms with van der Waals surface area (Å²) in [7, 11) is 1.52. The zero-order valence-corrected chi connectivity index (χ0v) is 16.5. The summed E-state index contributed by atoms with van der Waals surface area (Å²) in [5.41, 5.74) is 2.28. The van der Waals surface area contributed by atoms with Crippen LogP contribution < -0.4 is 20.7 Å². The van der Waals surface area contributed by atoms with E-state index in [9.17, 15) is 9.59 Å². The first-order chi connectivity index (χ1) is 14.0. The standard InChI is InChI=1S/C19H19ClN6O3/c1-12(27)24-14-4-6-18(29-2)16(8-14)22-9-19(28)25-15-7-13(20)3-5-17(15)26-11-21-10-23-26/h3-8,10-11,22H,9H2,1-2H3,(H,24,27)(H,25,28). The third kappa shape index (κ3) is 5.23. The summed E-state index contributed by atoms with van der Waals surface area (Å²) in [5, 5.41) is 13.1. The first-order valence-corrected chi connectivity index (χ1v) is 8.98. The number of carbonyl (C=O) groups is 2. The van der Waals surface area contributed by atoms with Crippen molar-refractivity contribution in [3.8, 4) is 11.4 Å². The van der Waals surface area contributed by atoms with Crippen LogP contribution in [0.4, 0.5) is 17.1 Å². The Bertz CT molecular complexity index is 1020. The van der Waals surface area contributed by atoms with Crippen LogP contribution in [-0.4, -0.2) is 40.2 Å². The predicted octanol–water partition coefficient (Wildman–Crippen LogP) is 2.94. The largest absolute Gasteiger partial charge is 0.495 e. The van der Waals surface area contributed by atoms with Crippen LogP contribution >= 0.6 is 11.6 Å². The maximum atomic E-state index is 12.5. The van der Waals surface area contributed by atoms with E-state index >= 15 is 0 Å². The summed E-state index contributed by atoms with van der Waals surface area (Å²) in [4.78, 5) is 27.7. The summed E-state index contributed by atoms with van der Waals surface area (Å²) in [6.45, 7) is 1.38. The lowest BCUT2D eigenvalue weighted by atomic mass is 10.2. The summed E-state index contributed by atoms with van der Waals surface area (Å²) in [5.74, 6) is 0.0408. The van der Waals surface area contributed by atoms with Crippen molar-refractivity contribution in [2.75, 3.05) is 29.6 Å². The second-order valence-corrected chi connectivity index (χ2v) is 6.44. The molecule has 0 radical (unpaired) electrons. The van der Waals surface area contributed by atoms with Crippen molar-refractivity contribution in [3.05, 3.63) is 54.1 Å². The van der Waals surface area contributed by atoms with E-state index in [1.54, 1.807) is 36.4 Å². The van der Waals surface area contributed by atoms with Crippen LogP contribution in [0.25, 0.3) is 5.69 Å². The van der Waals surface area contributed by atoms with Crippen molar-refractivity contribution >= 4 is 40.5 Å². The summed E-state index contributed by atoms with van der Waals surface area (Å²) in [6.07, 6.45) is 2.92. The molecule has 0 atom stereocenters. The number of methoxy groups -OCH3 is 1. The second-order valence-electron chi connectivity index (χ2n) is 6.00. The number of anilines is 3. The van der Waals surface area contributed by atoms with Crippen molar-refractivity contribution in [3.63, 3.8) is 0 Å². The molecule has 0 spiro atoms. The van der Waals surface area contributed by atoms with Gasteiger partial charge in [-0.3, -0.25) is 9.59 Å². The lowest BCUT2D eigenvalue weighted by Gasteiger charge is -2.14. The fourth-order valence-electron chi connectivity index (χ4n) is 2.64. The molecule has 3 N–H and O–H groups in total. The number of carbonyl (C=O) groups excluding carboxylic acids is 2. The normalized spacial score (nSPS) is 10.3. The average molecular weight is 415 g/mol. The molecule has 2 aromatic carbocycles. The maximum absolute atomic E-state index is 12.5. The van der Waals surface area contributed by atoms with E-state index < -0.39 is 0 Å². The zero-order chi connectivity index (χ0) is 20.8. The summed E-state index contributed by atoms with van der Waals surface area (Å²) in [6, 6.07) is 10.2. The van der Waals surface area contributed by atoms with Gasteiger partial charge in [-0.05, 0) is 36.4 Å². The monoisotopic (exact) mass is 414 g/mol. The minimum absolute atomic E-state index is 0.0385. The molecule has 0 unspecified atom stereocenters. The number of nitrogens with zero attached hydrogens (tertiary/aromatic N) is 3. The van der Waals surface area contributed by atoms with Crippen LogP contribution in [0.5, 0.6) is 5.75 Å². The number of hydrogen-bond acceptors (Lipinski definition) is 6. The SMILES string of the molecule is COc1ccc(NC(C)=O)cc1NCC(=O)Nc1cc(Cl)ccc1-n1cncn1. The highest BCUT2D eigenvalue weighted by Crippen LogP contribution is 2.28. The molecule has 0 bridgehead atoms. The second kappa shape index (κ2) is 9.07. The van der Waals surface area contributed by atoms with Gasteiger partial charge in [0.25, 0.3) is 0 Å². The minimum atomic E-state index is -0.305. The molecular weight excluding hydrogens is 396 g/mol. The first kappa shape index (κ1) is 20.2. The summed E-state index contributed by atoms with van der Waals surface area (Å²) >= 11 is 6.07. The molecular formula is C19H19ClN6O3. The van der Waals surface area contributed by atoms with Crippen LogP contribution in [0, 0.1) is 0 Å². The van der Waals surface area contributed by atoms with Crippen LogP contribution in [0.1, 0.15) is 6.92 Å². The van der Waals surface area contributed by atoms with Gasteiger partial charge in [-0.2, -0.15) is 5.10 Å². The molecule has 0 fully saturated rings. The quantitative estimate of drug-likeness (QED) is 0.548. The Hall–Kier alpha value is -3.59. The Balaban J connectivity index is 1.73. The van der Waals surface area contributed by atoms with E-state index in [1.165, 1.54) is 31.4 Å². The number of hydrogen-bond donors (Lipinski definition) is 3. The van der Waals surface area contributed by atoms with Gasteiger partial charge in [0.15, 0.2) is 0 Å². The molecule has 0 aliphatic rings. The van der Waals surface area contributed by atoms with E-state index in [1.807, 2.05) is 0 Å². The fourth-order valence-corrected chi connectivity index (χ4v) is 2.81. The highest BCUT2D eigenvalue weighted by atomic mass is 35.5. The van der Waals surface area contributed by atoms with Crippen molar-refractivity contribution in [1.82, 2.24) is 14.8 Å². The third-order valence-electron chi connectivity index (χ3n) is 3.86. The van der Waals surface area contributed by atoms with E-state index in [0.717, 1.165) is 0 Å². The van der Waals surface area contributed by atoms with Crippen molar-refractivity contribution in [2.45, 2.75) is 6.92 Å². The van der Waals surface area contributed by atoms with Crippen molar-refractivity contribution in [1.29, 1.82) is 0 Å². The third-order valence-corrected chi connectivity index (χ3v) is 4.09. The Morgan fingerprint density at radius 2 is 1.97 bits per heavy atom. The first-order valence-electron chi connectivity index (χ1n) is 8.60. The highest BCUT2D eigenvalue weighted by molar-refractivity contribution is 6.31. The highest BCUT2D eigenvalue weighted by Gasteiger charge is 2.12. The average Bonchev–Trinajstić information content (AvgIpc) is 3.20. The van der Waals surface area contributed by atoms with Gasteiger partial charge >= 0.3 is 0 Å². The molecule has 3 rings (SSSR count).